The summed E-state index contributed by atoms with van der Waals surface area (Å²) in [4.78, 5) is 20.4. The summed E-state index contributed by atoms with van der Waals surface area (Å²) in [5.41, 5.74) is 3.50. The number of carbonyl (C=O) groups is 1. The molecule has 1 unspecified atom stereocenters. The molecule has 1 aliphatic heterocycles. The Morgan fingerprint density at radius 1 is 0.974 bits per heavy atom. The van der Waals surface area contributed by atoms with Crippen LogP contribution < -0.4 is 14.2 Å². The number of pyridine rings is 1. The molecule has 0 spiro atoms. The van der Waals surface area contributed by atoms with Crippen LogP contribution in [0.4, 0.5) is 0 Å². The van der Waals surface area contributed by atoms with Crippen LogP contribution in [0.1, 0.15) is 23.0 Å². The quantitative estimate of drug-likeness (QED) is 0.248. The standard InChI is InChI=1S/C30H26ClN3O4.ClH/c1-36-25-10-8-21(16-26(25)37-2)29-30-24(32-27-17-22(31)11-13-33(27)30)12-14-34(29)28(35)18-38-23-9-7-19-5-3-4-6-20(19)15-23;/h3-11,13,15-17,29H,12,14,18H2,1-2H3;1H. The van der Waals surface area contributed by atoms with Gasteiger partial charge in [-0.15, -0.1) is 12.4 Å². The molecule has 0 bridgehead atoms. The smallest absolute Gasteiger partial charge is 0.261 e. The van der Waals surface area contributed by atoms with Gasteiger partial charge in [0.05, 0.1) is 31.6 Å². The van der Waals surface area contributed by atoms with Crippen LogP contribution in [0.3, 0.4) is 0 Å². The van der Waals surface area contributed by atoms with Gasteiger partial charge in [-0.05, 0) is 46.7 Å². The monoisotopic (exact) mass is 563 g/mol. The van der Waals surface area contributed by atoms with Gasteiger partial charge in [0, 0.05) is 30.3 Å². The molecule has 6 rings (SSSR count). The van der Waals surface area contributed by atoms with Crippen molar-refractivity contribution in [3.8, 4) is 17.2 Å². The van der Waals surface area contributed by atoms with Crippen LogP contribution in [0.15, 0.2) is 79.0 Å². The van der Waals surface area contributed by atoms with Crippen molar-refractivity contribution in [2.45, 2.75) is 12.5 Å². The lowest BCUT2D eigenvalue weighted by Crippen LogP contribution is -2.43. The molecule has 0 aliphatic carbocycles. The molecule has 7 nitrogen and oxygen atoms in total. The first-order chi connectivity index (χ1) is 18.6. The summed E-state index contributed by atoms with van der Waals surface area (Å²) in [6.07, 6.45) is 2.52. The third-order valence-corrected chi connectivity index (χ3v) is 7.22. The lowest BCUT2D eigenvalue weighted by atomic mass is 9.95. The molecule has 3 aromatic carbocycles. The second-order valence-corrected chi connectivity index (χ2v) is 9.61. The van der Waals surface area contributed by atoms with Crippen LogP contribution in [0.25, 0.3) is 16.4 Å². The number of amides is 1. The van der Waals surface area contributed by atoms with Gasteiger partial charge in [0.1, 0.15) is 11.4 Å². The predicted molar refractivity (Wildman–Crippen MR) is 154 cm³/mol. The number of aromatic nitrogens is 2. The van der Waals surface area contributed by atoms with E-state index in [9.17, 15) is 4.79 Å². The van der Waals surface area contributed by atoms with Crippen molar-refractivity contribution in [3.63, 3.8) is 0 Å². The number of hydrogen-bond donors (Lipinski definition) is 0. The molecule has 1 atom stereocenters. The molecule has 0 fully saturated rings. The number of imidazole rings is 1. The number of methoxy groups -OCH3 is 2. The molecule has 1 aliphatic rings. The predicted octanol–water partition coefficient (Wildman–Crippen LogP) is 6.13. The number of halogens is 2. The minimum Gasteiger partial charge on any atom is -0.493 e. The average molecular weight is 564 g/mol. The van der Waals surface area contributed by atoms with Gasteiger partial charge in [-0.3, -0.25) is 4.79 Å². The third-order valence-electron chi connectivity index (χ3n) is 6.99. The van der Waals surface area contributed by atoms with Gasteiger partial charge in [0.15, 0.2) is 18.1 Å². The Balaban J connectivity index is 0.00000308. The van der Waals surface area contributed by atoms with Crippen molar-refractivity contribution in [2.24, 2.45) is 0 Å². The SMILES string of the molecule is COc1ccc(C2c3c(nc4cc(Cl)ccn34)CCN2C(=O)COc2ccc3ccccc3c2)cc1OC.Cl. The number of benzene rings is 3. The van der Waals surface area contributed by atoms with E-state index in [-0.39, 0.29) is 24.9 Å². The Morgan fingerprint density at radius 3 is 2.56 bits per heavy atom. The van der Waals surface area contributed by atoms with Crippen molar-refractivity contribution in [1.29, 1.82) is 0 Å². The van der Waals surface area contributed by atoms with Crippen LogP contribution in [-0.4, -0.2) is 47.6 Å². The van der Waals surface area contributed by atoms with Gasteiger partial charge in [-0.2, -0.15) is 0 Å². The van der Waals surface area contributed by atoms with E-state index in [0.29, 0.717) is 35.2 Å². The highest BCUT2D eigenvalue weighted by atomic mass is 35.5. The molecule has 0 saturated carbocycles. The zero-order chi connectivity index (χ0) is 26.2. The molecule has 1 amide bonds. The van der Waals surface area contributed by atoms with Crippen molar-refractivity contribution in [2.75, 3.05) is 27.4 Å². The summed E-state index contributed by atoms with van der Waals surface area (Å²) in [5, 5.41) is 2.79. The Labute approximate surface area is 237 Å². The van der Waals surface area contributed by atoms with E-state index in [1.54, 1.807) is 14.2 Å². The van der Waals surface area contributed by atoms with Crippen molar-refractivity contribution in [3.05, 3.63) is 101 Å². The lowest BCUT2D eigenvalue weighted by Gasteiger charge is -2.36. The number of rotatable bonds is 6. The summed E-state index contributed by atoms with van der Waals surface area (Å²) < 4.78 is 19.0. The number of carbonyl (C=O) groups excluding carboxylic acids is 1. The minimum absolute atomic E-state index is 0. The van der Waals surface area contributed by atoms with Crippen molar-refractivity contribution in [1.82, 2.24) is 14.3 Å². The summed E-state index contributed by atoms with van der Waals surface area (Å²) in [6.45, 7) is 0.420. The summed E-state index contributed by atoms with van der Waals surface area (Å²) in [5.74, 6) is 1.75. The maximum atomic E-state index is 13.7. The maximum Gasteiger partial charge on any atom is 0.261 e. The first-order valence-corrected chi connectivity index (χ1v) is 12.7. The second kappa shape index (κ2) is 11.0. The molecule has 2 aromatic heterocycles. The van der Waals surface area contributed by atoms with Crippen LogP contribution >= 0.6 is 24.0 Å². The first kappa shape index (κ1) is 26.7. The van der Waals surface area contributed by atoms with Gasteiger partial charge < -0.3 is 23.5 Å². The maximum absolute atomic E-state index is 13.7. The van der Waals surface area contributed by atoms with Gasteiger partial charge in [0.25, 0.3) is 5.91 Å². The number of nitrogens with zero attached hydrogens (tertiary/aromatic N) is 3. The molecule has 0 saturated heterocycles. The van der Waals surface area contributed by atoms with Crippen molar-refractivity contribution < 1.29 is 19.0 Å². The Morgan fingerprint density at radius 2 is 1.77 bits per heavy atom. The number of hydrogen-bond acceptors (Lipinski definition) is 5. The van der Waals surface area contributed by atoms with Gasteiger partial charge in [-0.1, -0.05) is 48.0 Å². The molecule has 200 valence electrons. The largest absolute Gasteiger partial charge is 0.493 e. The van der Waals surface area contributed by atoms with E-state index < -0.39 is 6.04 Å². The molecular formula is C30H27Cl2N3O4. The average Bonchev–Trinajstić information content (AvgIpc) is 3.32. The normalized spacial score (nSPS) is 14.5. The van der Waals surface area contributed by atoms with E-state index in [1.807, 2.05) is 88.3 Å². The fourth-order valence-electron chi connectivity index (χ4n) is 5.18. The van der Waals surface area contributed by atoms with Gasteiger partial charge >= 0.3 is 0 Å². The van der Waals surface area contributed by atoms with E-state index in [2.05, 4.69) is 0 Å². The zero-order valence-corrected chi connectivity index (χ0v) is 23.0. The molecule has 39 heavy (non-hydrogen) atoms. The second-order valence-electron chi connectivity index (χ2n) is 9.17. The topological polar surface area (TPSA) is 65.3 Å². The molecule has 3 heterocycles. The molecule has 0 N–H and O–H groups in total. The van der Waals surface area contributed by atoms with Crippen LogP contribution in [-0.2, 0) is 11.2 Å². The van der Waals surface area contributed by atoms with Crippen molar-refractivity contribution >= 4 is 46.3 Å². The third kappa shape index (κ3) is 4.95. The van der Waals surface area contributed by atoms with Crippen LogP contribution in [0.5, 0.6) is 17.2 Å². The van der Waals surface area contributed by atoms with E-state index in [0.717, 1.165) is 33.4 Å². The highest BCUT2D eigenvalue weighted by Crippen LogP contribution is 2.39. The summed E-state index contributed by atoms with van der Waals surface area (Å²) in [7, 11) is 3.20. The highest BCUT2D eigenvalue weighted by Gasteiger charge is 2.36. The minimum atomic E-state index is -0.401. The summed E-state index contributed by atoms with van der Waals surface area (Å²) in [6, 6.07) is 22.9. The first-order valence-electron chi connectivity index (χ1n) is 12.3. The zero-order valence-electron chi connectivity index (χ0n) is 21.5. The van der Waals surface area contributed by atoms with Crippen LogP contribution in [0.2, 0.25) is 5.02 Å². The fourth-order valence-corrected chi connectivity index (χ4v) is 5.33. The molecule has 0 radical (unpaired) electrons. The fraction of sp³-hybridized carbons (Fsp3) is 0.200. The van der Waals surface area contributed by atoms with Gasteiger partial charge in [-0.25, -0.2) is 4.98 Å². The van der Waals surface area contributed by atoms with Gasteiger partial charge in [0.2, 0.25) is 0 Å². The number of ether oxygens (including phenoxy) is 3. The molecule has 5 aromatic rings. The Kier molecular flexibility index (Phi) is 7.55. The molecular weight excluding hydrogens is 537 g/mol. The van der Waals surface area contributed by atoms with Crippen LogP contribution in [0, 0.1) is 0 Å². The lowest BCUT2D eigenvalue weighted by molar-refractivity contribution is -0.135. The van der Waals surface area contributed by atoms with E-state index in [1.165, 1.54) is 0 Å². The Bertz CT molecular complexity index is 1670. The van der Waals surface area contributed by atoms with E-state index >= 15 is 0 Å². The molecule has 9 heteroatoms. The van der Waals surface area contributed by atoms with E-state index in [4.69, 9.17) is 30.8 Å². The highest BCUT2D eigenvalue weighted by molar-refractivity contribution is 6.30. The summed E-state index contributed by atoms with van der Waals surface area (Å²) >= 11 is 6.26. The Hall–Kier alpha value is -3.94. The number of fused-ring (bicyclic) bond motifs is 4.